The first kappa shape index (κ1) is 13.8. The fourth-order valence-corrected chi connectivity index (χ4v) is 3.44. The molecule has 0 radical (unpaired) electrons. The Morgan fingerprint density at radius 2 is 2.24 bits per heavy atom. The molecule has 3 heterocycles. The number of amides is 1. The molecule has 0 aromatic carbocycles. The molecule has 1 aliphatic heterocycles. The number of carbonyl (C=O) groups is 2. The van der Waals surface area contributed by atoms with Gasteiger partial charge in [-0.2, -0.15) is 0 Å². The third-order valence-electron chi connectivity index (χ3n) is 3.54. The van der Waals surface area contributed by atoms with Gasteiger partial charge >= 0.3 is 5.97 Å². The molecule has 0 aliphatic carbocycles. The van der Waals surface area contributed by atoms with Crippen LogP contribution >= 0.6 is 11.3 Å². The van der Waals surface area contributed by atoms with E-state index in [1.165, 1.54) is 7.11 Å². The number of carbonyl (C=O) groups excluding carboxylic acids is 2. The van der Waals surface area contributed by atoms with Gasteiger partial charge in [0, 0.05) is 17.6 Å². The highest BCUT2D eigenvalue weighted by Gasteiger charge is 2.38. The molecule has 1 atom stereocenters. The number of hydrogen-bond donors (Lipinski definition) is 0. The van der Waals surface area contributed by atoms with E-state index in [4.69, 9.17) is 4.74 Å². The van der Waals surface area contributed by atoms with E-state index in [1.54, 1.807) is 40.6 Å². The Bertz CT molecular complexity index is 669. The Labute approximate surface area is 126 Å². The lowest BCUT2D eigenvalue weighted by atomic mass is 9.99. The van der Waals surface area contributed by atoms with Gasteiger partial charge in [-0.1, -0.05) is 6.07 Å². The van der Waals surface area contributed by atoms with Gasteiger partial charge in [0.05, 0.1) is 7.11 Å². The molecule has 1 amide bonds. The summed E-state index contributed by atoms with van der Waals surface area (Å²) in [6, 6.07) is 6.37. The van der Waals surface area contributed by atoms with E-state index in [9.17, 15) is 9.59 Å². The third-order valence-corrected chi connectivity index (χ3v) is 4.53. The zero-order valence-electron chi connectivity index (χ0n) is 11.5. The van der Waals surface area contributed by atoms with Gasteiger partial charge in [0.1, 0.15) is 5.69 Å². The van der Waals surface area contributed by atoms with Gasteiger partial charge in [0.2, 0.25) is 0 Å². The summed E-state index contributed by atoms with van der Waals surface area (Å²) < 4.78 is 4.88. The van der Waals surface area contributed by atoms with Gasteiger partial charge in [-0.25, -0.2) is 4.79 Å². The average molecular weight is 302 g/mol. The van der Waals surface area contributed by atoms with Crippen molar-refractivity contribution in [3.63, 3.8) is 0 Å². The summed E-state index contributed by atoms with van der Waals surface area (Å²) >= 11 is 1.61. The fraction of sp³-hybridized carbons (Fsp3) is 0.267. The lowest BCUT2D eigenvalue weighted by Crippen LogP contribution is -2.43. The van der Waals surface area contributed by atoms with Crippen molar-refractivity contribution in [2.75, 3.05) is 13.7 Å². The van der Waals surface area contributed by atoms with Crippen molar-refractivity contribution in [2.45, 2.75) is 12.5 Å². The Balaban J connectivity index is 1.98. The van der Waals surface area contributed by atoms with E-state index in [-0.39, 0.29) is 5.91 Å². The maximum atomic E-state index is 12.6. The molecule has 0 bridgehead atoms. The van der Waals surface area contributed by atoms with Crippen molar-refractivity contribution >= 4 is 23.2 Å². The molecule has 5 nitrogen and oxygen atoms in total. The molecule has 0 saturated heterocycles. The van der Waals surface area contributed by atoms with Crippen molar-refractivity contribution in [1.29, 1.82) is 0 Å². The molecule has 1 aliphatic rings. The number of nitrogens with zero attached hydrogens (tertiary/aromatic N) is 2. The number of rotatable bonds is 2. The molecule has 0 fully saturated rings. The second-order valence-electron chi connectivity index (χ2n) is 4.69. The van der Waals surface area contributed by atoms with Crippen LogP contribution in [-0.4, -0.2) is 35.4 Å². The Morgan fingerprint density at radius 1 is 1.38 bits per heavy atom. The lowest BCUT2D eigenvalue weighted by molar-refractivity contribution is -0.146. The van der Waals surface area contributed by atoms with Crippen LogP contribution in [0, 0.1) is 0 Å². The summed E-state index contributed by atoms with van der Waals surface area (Å²) in [6.07, 6.45) is 2.32. The van der Waals surface area contributed by atoms with E-state index in [1.807, 2.05) is 11.4 Å². The van der Waals surface area contributed by atoms with Gasteiger partial charge in [0.15, 0.2) is 6.04 Å². The summed E-state index contributed by atoms with van der Waals surface area (Å²) in [6.45, 7) is 0.489. The van der Waals surface area contributed by atoms with Gasteiger partial charge in [-0.3, -0.25) is 9.78 Å². The minimum Gasteiger partial charge on any atom is -0.467 e. The number of ether oxygens (including phenoxy) is 1. The van der Waals surface area contributed by atoms with Crippen LogP contribution in [0.25, 0.3) is 0 Å². The molecular formula is C15H14N2O3S. The quantitative estimate of drug-likeness (QED) is 0.797. The van der Waals surface area contributed by atoms with Crippen LogP contribution in [0.15, 0.2) is 35.8 Å². The highest BCUT2D eigenvalue weighted by molar-refractivity contribution is 7.10. The minimum atomic E-state index is -0.681. The predicted octanol–water partition coefficient (Wildman–Crippen LogP) is 2.06. The van der Waals surface area contributed by atoms with Crippen molar-refractivity contribution in [3.05, 3.63) is 52.0 Å². The smallest absolute Gasteiger partial charge is 0.333 e. The number of thiophene rings is 1. The lowest BCUT2D eigenvalue weighted by Gasteiger charge is -2.33. The van der Waals surface area contributed by atoms with Crippen LogP contribution in [0.3, 0.4) is 0 Å². The van der Waals surface area contributed by atoms with Crippen LogP contribution < -0.4 is 0 Å². The Morgan fingerprint density at radius 3 is 2.95 bits per heavy atom. The molecule has 6 heteroatoms. The zero-order valence-corrected chi connectivity index (χ0v) is 12.3. The number of methoxy groups -OCH3 is 1. The number of hydrogen-bond acceptors (Lipinski definition) is 5. The van der Waals surface area contributed by atoms with Crippen molar-refractivity contribution in [2.24, 2.45) is 0 Å². The van der Waals surface area contributed by atoms with E-state index < -0.39 is 12.0 Å². The summed E-state index contributed by atoms with van der Waals surface area (Å²) in [7, 11) is 1.34. The predicted molar refractivity (Wildman–Crippen MR) is 78.1 cm³/mol. The molecule has 108 valence electrons. The average Bonchev–Trinajstić information content (AvgIpc) is 3.01. The maximum Gasteiger partial charge on any atom is 0.333 e. The standard InChI is InChI=1S/C15H14N2O3S/c1-20-15(19)13-10-6-9-21-12(10)5-8-17(13)14(18)11-4-2-3-7-16-11/h2-4,6-7,9,13H,5,8H2,1H3/t13-/m1/s1. The van der Waals surface area contributed by atoms with E-state index >= 15 is 0 Å². The Hall–Kier alpha value is -2.21. The van der Waals surface area contributed by atoms with Crippen LogP contribution in [0.2, 0.25) is 0 Å². The first-order chi connectivity index (χ1) is 10.2. The van der Waals surface area contributed by atoms with Crippen LogP contribution in [-0.2, 0) is 16.0 Å². The number of pyridine rings is 1. The van der Waals surface area contributed by atoms with Crippen LogP contribution in [0.1, 0.15) is 27.0 Å². The monoisotopic (exact) mass is 302 g/mol. The van der Waals surface area contributed by atoms with Gasteiger partial charge in [-0.05, 0) is 35.6 Å². The molecule has 0 spiro atoms. The molecule has 0 unspecified atom stereocenters. The van der Waals surface area contributed by atoms with Gasteiger partial charge in [-0.15, -0.1) is 11.3 Å². The second kappa shape index (κ2) is 5.65. The highest BCUT2D eigenvalue weighted by Crippen LogP contribution is 2.34. The summed E-state index contributed by atoms with van der Waals surface area (Å²) in [5.74, 6) is -0.665. The molecule has 2 aromatic rings. The molecule has 2 aromatic heterocycles. The third kappa shape index (κ3) is 2.42. The molecule has 3 rings (SSSR count). The van der Waals surface area contributed by atoms with Crippen molar-refractivity contribution < 1.29 is 14.3 Å². The summed E-state index contributed by atoms with van der Waals surface area (Å²) in [4.78, 5) is 31.5. The summed E-state index contributed by atoms with van der Waals surface area (Å²) in [5.41, 5.74) is 1.20. The molecule has 21 heavy (non-hydrogen) atoms. The van der Waals surface area contributed by atoms with Crippen LogP contribution in [0.4, 0.5) is 0 Å². The normalized spacial score (nSPS) is 17.2. The number of fused-ring (bicyclic) bond motifs is 1. The van der Waals surface area contributed by atoms with Crippen molar-refractivity contribution in [1.82, 2.24) is 9.88 Å². The summed E-state index contributed by atoms with van der Waals surface area (Å²) in [5, 5.41) is 1.94. The van der Waals surface area contributed by atoms with Gasteiger partial charge in [0.25, 0.3) is 5.91 Å². The van der Waals surface area contributed by atoms with E-state index in [0.717, 1.165) is 16.9 Å². The SMILES string of the molecule is COC(=O)[C@H]1c2ccsc2CCN1C(=O)c1ccccn1. The van der Waals surface area contributed by atoms with E-state index in [2.05, 4.69) is 4.98 Å². The van der Waals surface area contributed by atoms with Crippen molar-refractivity contribution in [3.8, 4) is 0 Å². The highest BCUT2D eigenvalue weighted by atomic mass is 32.1. The van der Waals surface area contributed by atoms with Gasteiger partial charge < -0.3 is 9.64 Å². The fourth-order valence-electron chi connectivity index (χ4n) is 2.54. The topological polar surface area (TPSA) is 59.5 Å². The largest absolute Gasteiger partial charge is 0.467 e. The minimum absolute atomic E-state index is 0.247. The van der Waals surface area contributed by atoms with E-state index in [0.29, 0.717) is 12.2 Å². The molecule has 0 N–H and O–H groups in total. The zero-order chi connectivity index (χ0) is 14.8. The maximum absolute atomic E-state index is 12.6. The second-order valence-corrected chi connectivity index (χ2v) is 5.69. The molecule has 0 saturated carbocycles. The number of esters is 1. The van der Waals surface area contributed by atoms with Crippen LogP contribution in [0.5, 0.6) is 0 Å². The Kier molecular flexibility index (Phi) is 3.70. The molecular weight excluding hydrogens is 288 g/mol. The first-order valence-electron chi connectivity index (χ1n) is 6.58. The first-order valence-corrected chi connectivity index (χ1v) is 7.46. The number of aromatic nitrogens is 1.